The predicted molar refractivity (Wildman–Crippen MR) is 228 cm³/mol. The van der Waals surface area contributed by atoms with Crippen LogP contribution in [0, 0.1) is 26.0 Å². The normalized spacial score (nSPS) is 9.32. The van der Waals surface area contributed by atoms with Crippen molar-refractivity contribution in [1.29, 1.82) is 0 Å². The van der Waals surface area contributed by atoms with Crippen LogP contribution in [0.3, 0.4) is 0 Å². The molecule has 0 unspecified atom stereocenters. The first kappa shape index (κ1) is 48.4. The van der Waals surface area contributed by atoms with Gasteiger partial charge in [0.25, 0.3) is 11.4 Å². The van der Waals surface area contributed by atoms with Gasteiger partial charge in [-0.25, -0.2) is 4.39 Å². The summed E-state index contributed by atoms with van der Waals surface area (Å²) in [5.41, 5.74) is 13.8. The second-order valence-corrected chi connectivity index (χ2v) is 13.4. The number of hydrogen-bond donors (Lipinski definition) is 4. The van der Waals surface area contributed by atoms with Crippen molar-refractivity contribution in [3.8, 4) is 0 Å². The molecular weight excluding hydrogens is 779 g/mol. The Morgan fingerprint density at radius 2 is 0.943 bits per heavy atom. The number of anilines is 3. The molecule has 0 aliphatic carbocycles. The van der Waals surface area contributed by atoms with Crippen LogP contribution in [0.2, 0.25) is 0 Å². The van der Waals surface area contributed by atoms with Crippen molar-refractivity contribution in [1.82, 2.24) is 0 Å². The Kier molecular flexibility index (Phi) is 25.6. The minimum absolute atomic E-state index is 0. The number of non-ortho nitro benzene ring substituents is 2. The maximum Gasteiger partial charge on any atom is 0.269 e. The lowest BCUT2D eigenvalue weighted by molar-refractivity contribution is -0.385. The Balaban J connectivity index is 0.000000692. The highest BCUT2D eigenvalue weighted by atomic mass is 35.5. The van der Waals surface area contributed by atoms with Crippen molar-refractivity contribution >= 4 is 87.3 Å². The second-order valence-electron chi connectivity index (χ2n) is 10.3. The van der Waals surface area contributed by atoms with Crippen molar-refractivity contribution < 1.29 is 14.2 Å². The molecule has 0 bridgehead atoms. The molecule has 0 aliphatic rings. The lowest BCUT2D eigenvalue weighted by Gasteiger charge is -2.05. The number of nitrogens with zero attached hydrogens (tertiary/aromatic N) is 2. The maximum atomic E-state index is 12.1. The molecule has 0 amide bonds. The Hall–Kier alpha value is -4.57. The number of hydrogen-bond acceptors (Lipinski definition) is 11. The SMILES string of the molecule is C.Cl.Cl.NCCc1cccs1.Nc1ccc(NCCc2cccs2)cc1.O=[N+]([O-])c1ccc(F)cc1.O=[N+]([O-])c1ccc(NCCc2cccs2)cc1. The van der Waals surface area contributed by atoms with Gasteiger partial charge in [-0.3, -0.25) is 20.2 Å². The van der Waals surface area contributed by atoms with Gasteiger partial charge in [0.1, 0.15) is 5.82 Å². The van der Waals surface area contributed by atoms with Gasteiger partial charge in [0.2, 0.25) is 0 Å². The van der Waals surface area contributed by atoms with Gasteiger partial charge in [-0.15, -0.1) is 58.8 Å². The molecular formula is C37H45Cl2FN6O4S3. The highest BCUT2D eigenvalue weighted by Crippen LogP contribution is 2.16. The van der Waals surface area contributed by atoms with Crippen LogP contribution in [0.15, 0.2) is 125 Å². The number of benzene rings is 3. The van der Waals surface area contributed by atoms with Gasteiger partial charge < -0.3 is 22.1 Å². The van der Waals surface area contributed by atoms with Gasteiger partial charge in [-0.2, -0.15) is 0 Å². The fraction of sp³-hybridized carbons (Fsp3) is 0.189. The summed E-state index contributed by atoms with van der Waals surface area (Å²) >= 11 is 5.30. The molecule has 16 heteroatoms. The number of nitro benzene ring substituents is 2. The molecule has 286 valence electrons. The minimum Gasteiger partial charge on any atom is -0.399 e. The average Bonchev–Trinajstić information content (AvgIpc) is 3.93. The van der Waals surface area contributed by atoms with Crippen LogP contribution in [-0.4, -0.2) is 29.5 Å². The van der Waals surface area contributed by atoms with Crippen LogP contribution in [0.1, 0.15) is 22.1 Å². The summed E-state index contributed by atoms with van der Waals surface area (Å²) in [6.07, 6.45) is 3.06. The highest BCUT2D eigenvalue weighted by molar-refractivity contribution is 7.10. The van der Waals surface area contributed by atoms with Gasteiger partial charge in [0, 0.05) is 69.0 Å². The molecule has 3 heterocycles. The topological polar surface area (TPSA) is 162 Å². The Labute approximate surface area is 334 Å². The van der Waals surface area contributed by atoms with Crippen molar-refractivity contribution in [3.05, 3.63) is 166 Å². The van der Waals surface area contributed by atoms with Crippen LogP contribution >= 0.6 is 58.8 Å². The fourth-order valence-corrected chi connectivity index (χ4v) is 6.17. The van der Waals surface area contributed by atoms with Crippen molar-refractivity contribution in [2.75, 3.05) is 36.0 Å². The Morgan fingerprint density at radius 3 is 1.28 bits per heavy atom. The molecule has 10 nitrogen and oxygen atoms in total. The smallest absolute Gasteiger partial charge is 0.269 e. The van der Waals surface area contributed by atoms with Crippen LogP contribution in [0.25, 0.3) is 0 Å². The first-order valence-electron chi connectivity index (χ1n) is 15.5. The van der Waals surface area contributed by atoms with E-state index in [-0.39, 0.29) is 43.6 Å². The minimum atomic E-state index is -0.570. The predicted octanol–water partition coefficient (Wildman–Crippen LogP) is 10.8. The molecule has 6 rings (SSSR count). The molecule has 0 atom stereocenters. The highest BCUT2D eigenvalue weighted by Gasteiger charge is 2.04. The number of thiophene rings is 3. The van der Waals surface area contributed by atoms with E-state index in [0.29, 0.717) is 0 Å². The second kappa shape index (κ2) is 28.0. The molecule has 0 aliphatic heterocycles. The fourth-order valence-electron chi connectivity index (χ4n) is 4.03. The van der Waals surface area contributed by atoms with Gasteiger partial charge in [-0.05, 0) is 109 Å². The molecule has 6 aromatic rings. The lowest BCUT2D eigenvalue weighted by Crippen LogP contribution is -2.03. The zero-order valence-corrected chi connectivity index (χ0v) is 32.1. The summed E-state index contributed by atoms with van der Waals surface area (Å²) in [5.74, 6) is -0.467. The van der Waals surface area contributed by atoms with Gasteiger partial charge in [0.05, 0.1) is 9.85 Å². The molecule has 0 radical (unpaired) electrons. The quantitative estimate of drug-likeness (QED) is 0.0538. The van der Waals surface area contributed by atoms with Crippen LogP contribution in [-0.2, 0) is 19.3 Å². The number of nitro groups is 2. The van der Waals surface area contributed by atoms with E-state index in [0.717, 1.165) is 80.2 Å². The standard InChI is InChI=1S/C12H12N2O2S.C12H14N2S.C6H4FNO2.C6H9NS.CH4.2ClH/c15-14(16)11-5-3-10(4-6-11)13-8-7-12-2-1-9-17-12;13-10-3-5-11(6-4-10)14-8-7-12-2-1-9-15-12;7-5-1-3-6(4-2-5)8(9)10;7-4-3-6-2-1-5-8-6;;;/h1-6,9,13H,7-8H2;1-6,9,14H,7-8,13H2;1-4H;1-2,5H,3-4,7H2;1H4;2*1H. The summed E-state index contributed by atoms with van der Waals surface area (Å²) in [7, 11) is 0. The third-order valence-electron chi connectivity index (χ3n) is 6.56. The van der Waals surface area contributed by atoms with Gasteiger partial charge in [0.15, 0.2) is 0 Å². The number of rotatable bonds is 12. The number of nitrogens with one attached hydrogen (secondary N) is 2. The summed E-state index contributed by atoms with van der Waals surface area (Å²) in [6.45, 7) is 2.56. The van der Waals surface area contributed by atoms with Crippen molar-refractivity contribution in [3.63, 3.8) is 0 Å². The number of nitrogens with two attached hydrogens (primary N) is 2. The third kappa shape index (κ3) is 20.3. The largest absolute Gasteiger partial charge is 0.399 e. The van der Waals surface area contributed by atoms with E-state index < -0.39 is 15.7 Å². The zero-order valence-electron chi connectivity index (χ0n) is 28.0. The first-order valence-corrected chi connectivity index (χ1v) is 18.1. The average molecular weight is 824 g/mol. The lowest BCUT2D eigenvalue weighted by atomic mass is 10.2. The van der Waals surface area contributed by atoms with Crippen molar-refractivity contribution in [2.45, 2.75) is 26.7 Å². The molecule has 0 spiro atoms. The monoisotopic (exact) mass is 822 g/mol. The van der Waals surface area contributed by atoms with Gasteiger partial charge >= 0.3 is 0 Å². The van der Waals surface area contributed by atoms with E-state index in [2.05, 4.69) is 57.1 Å². The molecule has 53 heavy (non-hydrogen) atoms. The summed E-state index contributed by atoms with van der Waals surface area (Å²) in [4.78, 5) is 23.6. The molecule has 3 aromatic carbocycles. The van der Waals surface area contributed by atoms with Crippen LogP contribution in [0.4, 0.5) is 32.8 Å². The molecule has 0 saturated carbocycles. The first-order chi connectivity index (χ1) is 24.2. The van der Waals surface area contributed by atoms with Crippen LogP contribution < -0.4 is 22.1 Å². The summed E-state index contributed by atoms with van der Waals surface area (Å²) in [5, 5.41) is 33.3. The summed E-state index contributed by atoms with van der Waals surface area (Å²) < 4.78 is 12.1. The van der Waals surface area contributed by atoms with Crippen LogP contribution in [0.5, 0.6) is 0 Å². The van der Waals surface area contributed by atoms with E-state index in [1.165, 1.54) is 26.8 Å². The maximum absolute atomic E-state index is 12.1. The van der Waals surface area contributed by atoms with E-state index >= 15 is 0 Å². The van der Waals surface area contributed by atoms with Crippen molar-refractivity contribution in [2.24, 2.45) is 5.73 Å². The molecule has 0 saturated heterocycles. The van der Waals surface area contributed by atoms with E-state index in [9.17, 15) is 24.6 Å². The van der Waals surface area contributed by atoms with Gasteiger partial charge in [-0.1, -0.05) is 25.6 Å². The zero-order chi connectivity index (χ0) is 36.0. The van der Waals surface area contributed by atoms with E-state index in [1.807, 2.05) is 30.3 Å². The molecule has 0 fully saturated rings. The summed E-state index contributed by atoms with van der Waals surface area (Å²) in [6, 6.07) is 31.2. The Bertz CT molecular complexity index is 1780. The third-order valence-corrected chi connectivity index (χ3v) is 9.37. The number of nitrogen functional groups attached to an aromatic ring is 1. The molecule has 3 aromatic heterocycles. The Morgan fingerprint density at radius 1 is 0.585 bits per heavy atom. The van der Waals surface area contributed by atoms with E-state index in [1.54, 1.807) is 46.1 Å². The molecule has 6 N–H and O–H groups in total. The number of halogens is 3. The van der Waals surface area contributed by atoms with E-state index in [4.69, 9.17) is 11.5 Å².